The van der Waals surface area contributed by atoms with E-state index in [4.69, 9.17) is 39.6 Å². The molecule has 1 aromatic heterocycles. The second-order valence-corrected chi connectivity index (χ2v) is 11.3. The molecule has 0 spiro atoms. The number of hydrogen-bond donors (Lipinski definition) is 3. The molecular formula is C24H25F2N2O10PS. The van der Waals surface area contributed by atoms with Crippen LogP contribution in [0.1, 0.15) is 6.23 Å². The number of rotatable bonds is 11. The normalized spacial score (nSPS) is 22.7. The van der Waals surface area contributed by atoms with Gasteiger partial charge in [0.15, 0.2) is 11.8 Å². The molecule has 1 saturated heterocycles. The Morgan fingerprint density at radius 1 is 0.975 bits per heavy atom. The highest BCUT2D eigenvalue weighted by Crippen LogP contribution is 2.52. The van der Waals surface area contributed by atoms with Crippen molar-refractivity contribution in [1.29, 1.82) is 0 Å². The predicted octanol–water partition coefficient (Wildman–Crippen LogP) is 2.21. The molecule has 0 aliphatic carbocycles. The third-order valence-corrected chi connectivity index (χ3v) is 8.03. The average Bonchev–Trinajstić information content (AvgIpc) is 3.19. The average molecular weight is 603 g/mol. The number of aromatic nitrogens is 2. The first-order chi connectivity index (χ1) is 19.0. The fourth-order valence-electron chi connectivity index (χ4n) is 3.80. The van der Waals surface area contributed by atoms with Crippen molar-refractivity contribution in [3.63, 3.8) is 0 Å². The first-order valence-electron chi connectivity index (χ1n) is 11.6. The minimum atomic E-state index is -3.97. The number of nitrogens with zero attached hydrogens (tertiary/aromatic N) is 1. The van der Waals surface area contributed by atoms with Gasteiger partial charge in [0, 0.05) is 24.1 Å². The van der Waals surface area contributed by atoms with Crippen LogP contribution in [0.5, 0.6) is 23.0 Å². The van der Waals surface area contributed by atoms with E-state index in [9.17, 15) is 28.6 Å². The van der Waals surface area contributed by atoms with E-state index >= 15 is 0 Å². The lowest BCUT2D eigenvalue weighted by molar-refractivity contribution is -0.192. The number of methoxy groups -OCH3 is 2. The monoisotopic (exact) mass is 602 g/mol. The van der Waals surface area contributed by atoms with Gasteiger partial charge >= 0.3 is 12.4 Å². The van der Waals surface area contributed by atoms with Crippen LogP contribution in [0.4, 0.5) is 8.78 Å². The molecule has 3 aromatic rings. The van der Waals surface area contributed by atoms with E-state index in [0.717, 1.165) is 12.3 Å². The number of aromatic amines is 1. The van der Waals surface area contributed by atoms with Crippen LogP contribution in [0, 0.1) is 0 Å². The van der Waals surface area contributed by atoms with E-state index < -0.39 is 55.0 Å². The molecule has 1 aliphatic rings. The summed E-state index contributed by atoms with van der Waals surface area (Å²) >= 11 is 5.53. The van der Waals surface area contributed by atoms with Gasteiger partial charge in [-0.25, -0.2) is 13.6 Å². The second-order valence-electron chi connectivity index (χ2n) is 8.47. The van der Waals surface area contributed by atoms with E-state index in [0.29, 0.717) is 16.1 Å². The van der Waals surface area contributed by atoms with Crippen LogP contribution in [-0.2, 0) is 21.1 Å². The van der Waals surface area contributed by atoms with Crippen molar-refractivity contribution in [2.24, 2.45) is 0 Å². The van der Waals surface area contributed by atoms with Crippen molar-refractivity contribution in [3.8, 4) is 23.0 Å². The number of alkyl halides is 2. The number of benzene rings is 2. The number of ether oxygens (including phenoxy) is 3. The highest BCUT2D eigenvalue weighted by Gasteiger charge is 2.61. The Kier molecular flexibility index (Phi) is 8.93. The Labute approximate surface area is 230 Å². The van der Waals surface area contributed by atoms with E-state index in [1.165, 1.54) is 38.5 Å². The zero-order chi connectivity index (χ0) is 29.1. The molecule has 12 nitrogen and oxygen atoms in total. The van der Waals surface area contributed by atoms with E-state index in [1.54, 1.807) is 24.3 Å². The molecule has 4 atom stereocenters. The lowest BCUT2D eigenvalue weighted by Gasteiger charge is -2.33. The van der Waals surface area contributed by atoms with Crippen LogP contribution >= 0.6 is 6.72 Å². The maximum atomic E-state index is 14.5. The topological polar surface area (TPSA) is 151 Å². The molecule has 4 rings (SSSR count). The lowest BCUT2D eigenvalue weighted by atomic mass is 9.96. The van der Waals surface area contributed by atoms with Gasteiger partial charge in [-0.2, -0.15) is 0 Å². The molecule has 40 heavy (non-hydrogen) atoms. The Balaban J connectivity index is 1.64. The van der Waals surface area contributed by atoms with Crippen molar-refractivity contribution in [2.45, 2.75) is 30.5 Å². The summed E-state index contributed by atoms with van der Waals surface area (Å²) in [7, 11) is 2.94. The maximum absolute atomic E-state index is 14.5. The molecule has 16 heteroatoms. The molecule has 2 unspecified atom stereocenters. The van der Waals surface area contributed by atoms with Crippen molar-refractivity contribution >= 4 is 18.5 Å². The van der Waals surface area contributed by atoms with Crippen LogP contribution in [0.2, 0.25) is 0 Å². The summed E-state index contributed by atoms with van der Waals surface area (Å²) in [5.74, 6) is 1.34. The van der Waals surface area contributed by atoms with Gasteiger partial charge in [-0.05, 0) is 48.5 Å². The van der Waals surface area contributed by atoms with Gasteiger partial charge in [0.05, 0.1) is 20.8 Å². The molecule has 216 valence electrons. The van der Waals surface area contributed by atoms with Crippen LogP contribution in [0.3, 0.4) is 0 Å². The first kappa shape index (κ1) is 29.6. The fraction of sp³-hybridized carbons (Fsp3) is 0.333. The number of nitrogens with one attached hydrogen (secondary N) is 1. The van der Waals surface area contributed by atoms with Crippen LogP contribution in [0.15, 0.2) is 70.4 Å². The molecule has 1 aliphatic heterocycles. The van der Waals surface area contributed by atoms with Gasteiger partial charge in [0.25, 0.3) is 12.0 Å². The zero-order valence-electron chi connectivity index (χ0n) is 21.0. The summed E-state index contributed by atoms with van der Waals surface area (Å²) in [6.45, 7) is -5.08. The molecule has 2 heterocycles. The smallest absolute Gasteiger partial charge is 0.435 e. The molecule has 1 fully saturated rings. The van der Waals surface area contributed by atoms with Crippen molar-refractivity contribution < 1.29 is 46.8 Å². The maximum Gasteiger partial charge on any atom is 0.435 e. The fourth-order valence-corrected chi connectivity index (χ4v) is 5.74. The highest BCUT2D eigenvalue weighted by molar-refractivity contribution is 8.07. The second kappa shape index (κ2) is 12.0. The van der Waals surface area contributed by atoms with Gasteiger partial charge in [0.1, 0.15) is 35.2 Å². The summed E-state index contributed by atoms with van der Waals surface area (Å²) in [5, 5.41) is 21.3. The summed E-state index contributed by atoms with van der Waals surface area (Å²) in [4.78, 5) is 25.6. The highest BCUT2D eigenvalue weighted by atomic mass is 32.5. The largest absolute Gasteiger partial charge is 0.497 e. The van der Waals surface area contributed by atoms with Crippen molar-refractivity contribution in [3.05, 3.63) is 81.6 Å². The quantitative estimate of drug-likeness (QED) is 0.277. The van der Waals surface area contributed by atoms with Gasteiger partial charge in [0.2, 0.25) is 0 Å². The summed E-state index contributed by atoms with van der Waals surface area (Å²) in [5.41, 5.74) is -4.67. The molecule has 3 N–H and O–H groups in total. The Bertz CT molecular complexity index is 1420. The van der Waals surface area contributed by atoms with Gasteiger partial charge < -0.3 is 33.5 Å². The molecule has 0 amide bonds. The number of aliphatic hydroxyl groups is 2. The van der Waals surface area contributed by atoms with Crippen LogP contribution in [-0.4, -0.2) is 64.8 Å². The standard InChI is InChI=1S/C24H25F2N2O10PS/c1-33-14-3-7-16(8-4-14)37-39(40,38-17-9-5-15(34-2)6-10-17)35-13-24(22(25)26)20(31)19(30)21(36-24)28-12-11-18(29)27-23(28)32/h3-12,19-22,30-31H,13H2,1-2H3,(H,27,29,32)/t19?,20?,21-,24-/m0/s1. The minimum Gasteiger partial charge on any atom is -0.497 e. The van der Waals surface area contributed by atoms with E-state index in [1.807, 2.05) is 4.98 Å². The molecule has 0 radical (unpaired) electrons. The van der Waals surface area contributed by atoms with Crippen LogP contribution < -0.4 is 29.8 Å². The Morgan fingerprint density at radius 3 is 1.93 bits per heavy atom. The summed E-state index contributed by atoms with van der Waals surface area (Å²) in [6, 6.07) is 13.2. The Morgan fingerprint density at radius 2 is 1.48 bits per heavy atom. The number of halogens is 2. The minimum absolute atomic E-state index is 0.161. The summed E-state index contributed by atoms with van der Waals surface area (Å²) in [6.07, 6.45) is -8.55. The summed E-state index contributed by atoms with van der Waals surface area (Å²) < 4.78 is 62.6. The molecular weight excluding hydrogens is 577 g/mol. The molecule has 0 saturated carbocycles. The third-order valence-electron chi connectivity index (χ3n) is 5.95. The van der Waals surface area contributed by atoms with E-state index in [-0.39, 0.29) is 11.5 Å². The third kappa shape index (κ3) is 6.19. The predicted molar refractivity (Wildman–Crippen MR) is 140 cm³/mol. The molecule has 0 bridgehead atoms. The van der Waals surface area contributed by atoms with Crippen molar-refractivity contribution in [1.82, 2.24) is 9.55 Å². The molecule has 2 aromatic carbocycles. The van der Waals surface area contributed by atoms with Gasteiger partial charge in [-0.3, -0.25) is 18.9 Å². The number of H-pyrrole nitrogens is 1. The first-order valence-corrected chi connectivity index (χ1v) is 14.1. The Hall–Kier alpha value is -3.33. The van der Waals surface area contributed by atoms with Crippen molar-refractivity contribution in [2.75, 3.05) is 20.8 Å². The zero-order valence-corrected chi connectivity index (χ0v) is 22.7. The number of hydrogen-bond acceptors (Lipinski definition) is 11. The van der Waals surface area contributed by atoms with Gasteiger partial charge in [-0.1, -0.05) is 0 Å². The number of aliphatic hydroxyl groups excluding tert-OH is 2. The SMILES string of the molecule is COc1ccc(OP(=S)(OC[C@]2(C(F)F)O[C@H](n3ccc(=O)[nH]c3=O)C(O)C2O)Oc2ccc(OC)cc2)cc1. The van der Waals surface area contributed by atoms with Gasteiger partial charge in [-0.15, -0.1) is 0 Å². The lowest BCUT2D eigenvalue weighted by Crippen LogP contribution is -2.52. The van der Waals surface area contributed by atoms with Crippen LogP contribution in [0.25, 0.3) is 0 Å². The van der Waals surface area contributed by atoms with E-state index in [2.05, 4.69) is 0 Å².